The van der Waals surface area contributed by atoms with Crippen LogP contribution in [0.25, 0.3) is 11.1 Å². The Bertz CT molecular complexity index is 574. The van der Waals surface area contributed by atoms with Crippen molar-refractivity contribution >= 4 is 5.78 Å². The normalized spacial score (nSPS) is 10.2. The van der Waals surface area contributed by atoms with Crippen molar-refractivity contribution in [3.05, 3.63) is 53.8 Å². The maximum atomic E-state index is 13.9. The summed E-state index contributed by atoms with van der Waals surface area (Å²) in [5, 5.41) is 0. The van der Waals surface area contributed by atoms with Crippen LogP contribution in [0.15, 0.2) is 42.5 Å². The Labute approximate surface area is 105 Å². The second kappa shape index (κ2) is 5.00. The molecule has 2 nitrogen and oxygen atoms in total. The highest BCUT2D eigenvalue weighted by Gasteiger charge is 2.08. The van der Waals surface area contributed by atoms with Crippen molar-refractivity contribution in [3.63, 3.8) is 0 Å². The molecule has 0 saturated heterocycles. The first-order valence-electron chi connectivity index (χ1n) is 5.56. The molecule has 0 spiro atoms. The SMILES string of the molecule is COc1ccc(-c2ccc(C(C)=O)cc2F)cc1. The molecule has 0 aliphatic rings. The van der Waals surface area contributed by atoms with Crippen LogP contribution in [0.3, 0.4) is 0 Å². The first-order valence-corrected chi connectivity index (χ1v) is 5.56. The number of benzene rings is 2. The standard InChI is InChI=1S/C15H13FO2/c1-10(17)12-5-8-14(15(16)9-12)11-3-6-13(18-2)7-4-11/h3-9H,1-2H3. The molecule has 0 saturated carbocycles. The van der Waals surface area contributed by atoms with Gasteiger partial charge >= 0.3 is 0 Å². The third-order valence-corrected chi connectivity index (χ3v) is 2.78. The van der Waals surface area contributed by atoms with Gasteiger partial charge in [-0.3, -0.25) is 4.79 Å². The fraction of sp³-hybridized carbons (Fsp3) is 0.133. The zero-order valence-corrected chi connectivity index (χ0v) is 10.2. The van der Waals surface area contributed by atoms with Crippen LogP contribution in [-0.4, -0.2) is 12.9 Å². The van der Waals surface area contributed by atoms with Crippen molar-refractivity contribution in [1.29, 1.82) is 0 Å². The number of hydrogen-bond donors (Lipinski definition) is 0. The fourth-order valence-corrected chi connectivity index (χ4v) is 1.74. The number of methoxy groups -OCH3 is 1. The minimum absolute atomic E-state index is 0.143. The molecule has 0 fully saturated rings. The molecule has 18 heavy (non-hydrogen) atoms. The highest BCUT2D eigenvalue weighted by Crippen LogP contribution is 2.25. The van der Waals surface area contributed by atoms with Crippen LogP contribution < -0.4 is 4.74 Å². The lowest BCUT2D eigenvalue weighted by molar-refractivity contribution is 0.101. The topological polar surface area (TPSA) is 26.3 Å². The summed E-state index contributed by atoms with van der Waals surface area (Å²) in [7, 11) is 1.58. The highest BCUT2D eigenvalue weighted by molar-refractivity contribution is 5.94. The largest absolute Gasteiger partial charge is 0.497 e. The first kappa shape index (κ1) is 12.3. The van der Waals surface area contributed by atoms with Gasteiger partial charge in [-0.1, -0.05) is 24.3 Å². The zero-order valence-electron chi connectivity index (χ0n) is 10.2. The van der Waals surface area contributed by atoms with Gasteiger partial charge in [-0.05, 0) is 30.7 Å². The third kappa shape index (κ3) is 2.40. The van der Waals surface area contributed by atoms with Crippen molar-refractivity contribution in [1.82, 2.24) is 0 Å². The Morgan fingerprint density at radius 1 is 1.11 bits per heavy atom. The molecule has 0 aromatic heterocycles. The molecule has 0 bridgehead atoms. The predicted molar refractivity (Wildman–Crippen MR) is 68.4 cm³/mol. The second-order valence-corrected chi connectivity index (χ2v) is 3.98. The summed E-state index contributed by atoms with van der Waals surface area (Å²) < 4.78 is 18.9. The van der Waals surface area contributed by atoms with Gasteiger partial charge in [0, 0.05) is 11.1 Å². The van der Waals surface area contributed by atoms with Crippen LogP contribution in [0.5, 0.6) is 5.75 Å². The molecule has 0 aliphatic carbocycles. The van der Waals surface area contributed by atoms with Crippen LogP contribution in [-0.2, 0) is 0 Å². The predicted octanol–water partition coefficient (Wildman–Crippen LogP) is 3.70. The Kier molecular flexibility index (Phi) is 3.42. The summed E-state index contributed by atoms with van der Waals surface area (Å²) in [6.07, 6.45) is 0. The van der Waals surface area contributed by atoms with Gasteiger partial charge in [-0.2, -0.15) is 0 Å². The average Bonchev–Trinajstić information content (AvgIpc) is 2.38. The van der Waals surface area contributed by atoms with Crippen LogP contribution in [0, 0.1) is 5.82 Å². The summed E-state index contributed by atoms with van der Waals surface area (Å²) in [4.78, 5) is 11.1. The molecule has 0 amide bonds. The summed E-state index contributed by atoms with van der Waals surface area (Å²) >= 11 is 0. The highest BCUT2D eigenvalue weighted by atomic mass is 19.1. The average molecular weight is 244 g/mol. The Balaban J connectivity index is 2.41. The van der Waals surface area contributed by atoms with E-state index < -0.39 is 5.82 Å². The lowest BCUT2D eigenvalue weighted by Crippen LogP contribution is -1.94. The van der Waals surface area contributed by atoms with Gasteiger partial charge < -0.3 is 4.74 Å². The summed E-state index contributed by atoms with van der Waals surface area (Å²) in [6.45, 7) is 1.42. The molecule has 0 unspecified atom stereocenters. The lowest BCUT2D eigenvalue weighted by Gasteiger charge is -2.06. The monoisotopic (exact) mass is 244 g/mol. The molecular weight excluding hydrogens is 231 g/mol. The van der Waals surface area contributed by atoms with Crippen molar-refractivity contribution in [2.75, 3.05) is 7.11 Å². The van der Waals surface area contributed by atoms with Crippen LogP contribution >= 0.6 is 0 Å². The van der Waals surface area contributed by atoms with Gasteiger partial charge in [-0.15, -0.1) is 0 Å². The van der Waals surface area contributed by atoms with Gasteiger partial charge in [0.1, 0.15) is 11.6 Å². The molecule has 92 valence electrons. The molecule has 0 atom stereocenters. The van der Waals surface area contributed by atoms with Crippen molar-refractivity contribution in [2.45, 2.75) is 6.92 Å². The number of ketones is 1. The van der Waals surface area contributed by atoms with E-state index >= 15 is 0 Å². The molecule has 2 rings (SSSR count). The van der Waals surface area contributed by atoms with E-state index in [-0.39, 0.29) is 5.78 Å². The minimum Gasteiger partial charge on any atom is -0.497 e. The fourth-order valence-electron chi connectivity index (χ4n) is 1.74. The molecule has 0 radical (unpaired) electrons. The number of ether oxygens (including phenoxy) is 1. The third-order valence-electron chi connectivity index (χ3n) is 2.78. The van der Waals surface area contributed by atoms with E-state index in [2.05, 4.69) is 0 Å². The van der Waals surface area contributed by atoms with Crippen LogP contribution in [0.2, 0.25) is 0 Å². The van der Waals surface area contributed by atoms with E-state index in [0.717, 1.165) is 11.3 Å². The Morgan fingerprint density at radius 2 is 1.78 bits per heavy atom. The second-order valence-electron chi connectivity index (χ2n) is 3.98. The quantitative estimate of drug-likeness (QED) is 0.769. The number of carbonyl (C=O) groups excluding carboxylic acids is 1. The molecule has 0 N–H and O–H groups in total. The molecule has 2 aromatic rings. The number of Topliss-reactive ketones (excluding diaryl/α,β-unsaturated/α-hetero) is 1. The molecule has 0 aliphatic heterocycles. The van der Waals surface area contributed by atoms with Gasteiger partial charge in [0.25, 0.3) is 0 Å². The smallest absolute Gasteiger partial charge is 0.159 e. The molecule has 3 heteroatoms. The van der Waals surface area contributed by atoms with E-state index in [1.165, 1.54) is 13.0 Å². The first-order chi connectivity index (χ1) is 8.61. The summed E-state index contributed by atoms with van der Waals surface area (Å²) in [6, 6.07) is 11.6. The summed E-state index contributed by atoms with van der Waals surface area (Å²) in [5.74, 6) is 0.183. The number of halogens is 1. The molecule has 2 aromatic carbocycles. The van der Waals surface area contributed by atoms with E-state index in [4.69, 9.17) is 4.74 Å². The number of hydrogen-bond acceptors (Lipinski definition) is 2. The van der Waals surface area contributed by atoms with Crippen molar-refractivity contribution < 1.29 is 13.9 Å². The van der Waals surface area contributed by atoms with Gasteiger partial charge in [-0.25, -0.2) is 4.39 Å². The van der Waals surface area contributed by atoms with E-state index in [0.29, 0.717) is 11.1 Å². The van der Waals surface area contributed by atoms with Crippen molar-refractivity contribution in [3.8, 4) is 16.9 Å². The number of rotatable bonds is 3. The van der Waals surface area contributed by atoms with Gasteiger partial charge in [0.05, 0.1) is 7.11 Å². The minimum atomic E-state index is -0.395. The van der Waals surface area contributed by atoms with E-state index in [1.54, 1.807) is 43.5 Å². The van der Waals surface area contributed by atoms with Gasteiger partial charge in [0.15, 0.2) is 5.78 Å². The maximum absolute atomic E-state index is 13.9. The summed E-state index contributed by atoms with van der Waals surface area (Å²) in [5.41, 5.74) is 1.61. The maximum Gasteiger partial charge on any atom is 0.159 e. The van der Waals surface area contributed by atoms with Crippen LogP contribution in [0.1, 0.15) is 17.3 Å². The van der Waals surface area contributed by atoms with Gasteiger partial charge in [0.2, 0.25) is 0 Å². The molecular formula is C15H13FO2. The van der Waals surface area contributed by atoms with Crippen molar-refractivity contribution in [2.24, 2.45) is 0 Å². The molecule has 0 heterocycles. The zero-order chi connectivity index (χ0) is 13.1. The van der Waals surface area contributed by atoms with E-state index in [1.807, 2.05) is 0 Å². The Hall–Kier alpha value is -2.16. The lowest BCUT2D eigenvalue weighted by atomic mass is 10.0. The Morgan fingerprint density at radius 3 is 2.28 bits per heavy atom. The van der Waals surface area contributed by atoms with E-state index in [9.17, 15) is 9.18 Å². The number of carbonyl (C=O) groups is 1. The van der Waals surface area contributed by atoms with Crippen LogP contribution in [0.4, 0.5) is 4.39 Å².